The number of hydrogen-bond acceptors (Lipinski definition) is 6. The molecule has 0 aliphatic carbocycles. The summed E-state index contributed by atoms with van der Waals surface area (Å²) in [5.74, 6) is 0.204. The molecule has 0 saturated carbocycles. The van der Waals surface area contributed by atoms with E-state index in [-0.39, 0.29) is 17.9 Å². The second-order valence-electron chi connectivity index (χ2n) is 9.59. The molecule has 1 aliphatic heterocycles. The maximum Gasteiger partial charge on any atom is 0.410 e. The van der Waals surface area contributed by atoms with Gasteiger partial charge in [0.25, 0.3) is 0 Å². The van der Waals surface area contributed by atoms with Gasteiger partial charge in [-0.1, -0.05) is 6.07 Å². The topological polar surface area (TPSA) is 84.8 Å². The van der Waals surface area contributed by atoms with Crippen LogP contribution in [-0.2, 0) is 9.47 Å². The zero-order valence-electron chi connectivity index (χ0n) is 19.9. The summed E-state index contributed by atoms with van der Waals surface area (Å²) in [7, 11) is 0. The number of aromatic hydroxyl groups is 1. The van der Waals surface area contributed by atoms with Gasteiger partial charge in [-0.25, -0.2) is 14.8 Å². The molecular formula is C26H31N3O4. The lowest BCUT2D eigenvalue weighted by atomic mass is 10.0. The van der Waals surface area contributed by atoms with Crippen molar-refractivity contribution < 1.29 is 19.4 Å². The van der Waals surface area contributed by atoms with Crippen molar-refractivity contribution in [3.63, 3.8) is 0 Å². The summed E-state index contributed by atoms with van der Waals surface area (Å²) in [4.78, 5) is 23.8. The van der Waals surface area contributed by atoms with Crippen LogP contribution in [0.5, 0.6) is 5.75 Å². The summed E-state index contributed by atoms with van der Waals surface area (Å²) in [6.45, 7) is 11.0. The molecule has 1 atom stereocenters. The molecule has 3 heterocycles. The molecule has 33 heavy (non-hydrogen) atoms. The van der Waals surface area contributed by atoms with E-state index >= 15 is 0 Å². The van der Waals surface area contributed by atoms with Crippen LogP contribution in [0.3, 0.4) is 0 Å². The Morgan fingerprint density at radius 3 is 2.64 bits per heavy atom. The van der Waals surface area contributed by atoms with Crippen molar-refractivity contribution >= 4 is 17.1 Å². The number of nitrogens with zero attached hydrogens (tertiary/aromatic N) is 3. The van der Waals surface area contributed by atoms with Gasteiger partial charge in [0.15, 0.2) is 5.65 Å². The fraction of sp³-hybridized carbons (Fsp3) is 0.423. The summed E-state index contributed by atoms with van der Waals surface area (Å²) in [5, 5.41) is 11.4. The number of ether oxygens (including phenoxy) is 2. The first kappa shape index (κ1) is 23.0. The largest absolute Gasteiger partial charge is 0.507 e. The third-order valence-corrected chi connectivity index (χ3v) is 5.55. The molecule has 4 rings (SSSR count). The molecule has 1 N–H and O–H groups in total. The highest BCUT2D eigenvalue weighted by Gasteiger charge is 2.28. The zero-order valence-corrected chi connectivity index (χ0v) is 19.9. The van der Waals surface area contributed by atoms with E-state index in [0.717, 1.165) is 22.9 Å². The predicted molar refractivity (Wildman–Crippen MR) is 127 cm³/mol. The lowest BCUT2D eigenvalue weighted by Gasteiger charge is -2.27. The number of hydrogen-bond donors (Lipinski definition) is 1. The average Bonchev–Trinajstić information content (AvgIpc) is 2.98. The lowest BCUT2D eigenvalue weighted by Crippen LogP contribution is -2.39. The number of pyridine rings is 2. The number of carbonyl (C=O) groups excluding carboxylic acids is 1. The fourth-order valence-electron chi connectivity index (χ4n) is 4.11. The minimum atomic E-state index is -0.555. The fourth-order valence-corrected chi connectivity index (χ4v) is 4.11. The molecule has 1 fully saturated rings. The Hall–Kier alpha value is -3.19. The van der Waals surface area contributed by atoms with Gasteiger partial charge in [-0.05, 0) is 82.5 Å². The van der Waals surface area contributed by atoms with E-state index in [1.807, 2.05) is 65.0 Å². The van der Waals surface area contributed by atoms with Crippen LogP contribution >= 0.6 is 0 Å². The van der Waals surface area contributed by atoms with Gasteiger partial charge in [0.2, 0.25) is 0 Å². The van der Waals surface area contributed by atoms with E-state index in [1.165, 1.54) is 0 Å². The number of phenolic OH excluding ortho intramolecular Hbond substituents is 1. The average molecular weight is 450 g/mol. The van der Waals surface area contributed by atoms with Gasteiger partial charge in [-0.15, -0.1) is 0 Å². The second kappa shape index (κ2) is 8.98. The highest BCUT2D eigenvalue weighted by Crippen LogP contribution is 2.33. The Morgan fingerprint density at radius 1 is 1.15 bits per heavy atom. The minimum Gasteiger partial charge on any atom is -0.507 e. The molecule has 1 amide bonds. The van der Waals surface area contributed by atoms with E-state index < -0.39 is 5.60 Å². The number of benzene rings is 1. The Morgan fingerprint density at radius 2 is 1.91 bits per heavy atom. The van der Waals surface area contributed by atoms with Crippen molar-refractivity contribution in [2.75, 3.05) is 19.7 Å². The highest BCUT2D eigenvalue weighted by atomic mass is 16.6. The zero-order chi connectivity index (χ0) is 23.8. The van der Waals surface area contributed by atoms with E-state index in [1.54, 1.807) is 11.0 Å². The van der Waals surface area contributed by atoms with Gasteiger partial charge in [0.1, 0.15) is 17.5 Å². The third kappa shape index (κ3) is 5.25. The number of carbonyl (C=O) groups is 1. The summed E-state index contributed by atoms with van der Waals surface area (Å²) < 4.78 is 11.6. The number of amides is 1. The minimum absolute atomic E-state index is 0.204. The van der Waals surface area contributed by atoms with Crippen molar-refractivity contribution in [2.45, 2.75) is 52.7 Å². The lowest BCUT2D eigenvalue weighted by molar-refractivity contribution is 0.0133. The van der Waals surface area contributed by atoms with Crippen molar-refractivity contribution in [2.24, 2.45) is 0 Å². The quantitative estimate of drug-likeness (QED) is 0.570. The molecule has 1 aromatic carbocycles. The standard InChI is InChI=1S/C26H31N3O4/c1-16-13-17(2)23(21(30)14-16)20-10-8-18-7-9-19(27-24(18)28-20)22-15-29(11-6-12-32-22)25(31)33-26(3,4)5/h7-10,13-14,22,30H,6,11-12,15H2,1-5H3. The molecule has 2 aromatic heterocycles. The number of rotatable bonds is 2. The summed E-state index contributed by atoms with van der Waals surface area (Å²) >= 11 is 0. The number of fused-ring (bicyclic) bond motifs is 1. The number of aromatic nitrogens is 2. The van der Waals surface area contributed by atoms with Crippen LogP contribution in [0.2, 0.25) is 0 Å². The molecule has 0 spiro atoms. The first-order chi connectivity index (χ1) is 15.6. The maximum atomic E-state index is 12.6. The van der Waals surface area contributed by atoms with E-state index in [2.05, 4.69) is 0 Å². The summed E-state index contributed by atoms with van der Waals surface area (Å²) in [6, 6.07) is 11.5. The molecular weight excluding hydrogens is 418 g/mol. The first-order valence-corrected chi connectivity index (χ1v) is 11.3. The van der Waals surface area contributed by atoms with Gasteiger partial charge in [0.05, 0.1) is 17.9 Å². The van der Waals surface area contributed by atoms with Crippen molar-refractivity contribution in [3.8, 4) is 17.0 Å². The number of phenols is 1. The van der Waals surface area contributed by atoms with Gasteiger partial charge in [-0.3, -0.25) is 0 Å². The van der Waals surface area contributed by atoms with Crippen LogP contribution in [0, 0.1) is 13.8 Å². The van der Waals surface area contributed by atoms with Crippen LogP contribution in [0.1, 0.15) is 50.1 Å². The van der Waals surface area contributed by atoms with Gasteiger partial charge < -0.3 is 19.5 Å². The maximum absolute atomic E-state index is 12.6. The molecule has 3 aromatic rings. The highest BCUT2D eigenvalue weighted by molar-refractivity contribution is 5.81. The van der Waals surface area contributed by atoms with Crippen LogP contribution in [0.25, 0.3) is 22.3 Å². The molecule has 0 radical (unpaired) electrons. The van der Waals surface area contributed by atoms with E-state index in [9.17, 15) is 9.90 Å². The van der Waals surface area contributed by atoms with E-state index in [4.69, 9.17) is 19.4 Å². The molecule has 0 bridgehead atoms. The summed E-state index contributed by atoms with van der Waals surface area (Å²) in [6.07, 6.45) is 0.0199. The molecule has 174 valence electrons. The molecule has 1 saturated heterocycles. The van der Waals surface area contributed by atoms with Gasteiger partial charge >= 0.3 is 6.09 Å². The molecule has 7 heteroatoms. The molecule has 7 nitrogen and oxygen atoms in total. The van der Waals surface area contributed by atoms with Gasteiger partial charge in [-0.2, -0.15) is 0 Å². The van der Waals surface area contributed by atoms with Crippen LogP contribution in [0.15, 0.2) is 36.4 Å². The second-order valence-corrected chi connectivity index (χ2v) is 9.59. The third-order valence-electron chi connectivity index (χ3n) is 5.55. The SMILES string of the molecule is Cc1cc(C)c(-c2ccc3ccc(C4CN(C(=O)OC(C)(C)C)CCCO4)nc3n2)c(O)c1. The Bertz CT molecular complexity index is 1160. The van der Waals surface area contributed by atoms with Crippen molar-refractivity contribution in [3.05, 3.63) is 53.2 Å². The normalized spacial score (nSPS) is 17.1. The number of aryl methyl sites for hydroxylation is 2. The Labute approximate surface area is 194 Å². The first-order valence-electron chi connectivity index (χ1n) is 11.3. The Kier molecular flexibility index (Phi) is 6.26. The van der Waals surface area contributed by atoms with Crippen molar-refractivity contribution in [1.82, 2.24) is 14.9 Å². The molecule has 1 unspecified atom stereocenters. The van der Waals surface area contributed by atoms with Crippen LogP contribution < -0.4 is 0 Å². The molecule has 1 aliphatic rings. The van der Waals surface area contributed by atoms with Crippen molar-refractivity contribution in [1.29, 1.82) is 0 Å². The monoisotopic (exact) mass is 449 g/mol. The van der Waals surface area contributed by atoms with E-state index in [0.29, 0.717) is 42.3 Å². The smallest absolute Gasteiger partial charge is 0.410 e. The van der Waals surface area contributed by atoms with Gasteiger partial charge in [0, 0.05) is 24.1 Å². The Balaban J connectivity index is 1.65. The summed E-state index contributed by atoms with van der Waals surface area (Å²) in [5.41, 5.74) is 4.05. The van der Waals surface area contributed by atoms with Crippen LogP contribution in [-0.4, -0.2) is 51.4 Å². The predicted octanol–water partition coefficient (Wildman–Crippen LogP) is 5.32. The van der Waals surface area contributed by atoms with Crippen LogP contribution in [0.4, 0.5) is 4.79 Å².